The number of methoxy groups -OCH3 is 1. The van der Waals surface area contributed by atoms with Crippen LogP contribution >= 0.6 is 0 Å². The molecular weight excluding hydrogens is 92.1 g/mol. The molecule has 2 nitrogen and oxygen atoms in total. The smallest absolute Gasteiger partial charge is 0.201 e. The van der Waals surface area contributed by atoms with Crippen molar-refractivity contribution in [2.45, 2.75) is 25.0 Å². The first-order valence-corrected chi connectivity index (χ1v) is 2.52. The van der Waals surface area contributed by atoms with Gasteiger partial charge in [-0.3, -0.25) is 0 Å². The maximum Gasteiger partial charge on any atom is 0.201 e. The van der Waals surface area contributed by atoms with Gasteiger partial charge in [0, 0.05) is 20.0 Å². The lowest BCUT2D eigenvalue weighted by atomic mass is 9.92. The van der Waals surface area contributed by atoms with Gasteiger partial charge in [-0.1, -0.05) is 0 Å². The zero-order chi connectivity index (χ0) is 5.33. The van der Waals surface area contributed by atoms with E-state index in [1.54, 1.807) is 0 Å². The van der Waals surface area contributed by atoms with Gasteiger partial charge >= 0.3 is 0 Å². The first kappa shape index (κ1) is 5.06. The average Bonchev–Trinajstić information content (AvgIpc) is 1.61. The molecule has 0 amide bonds. The molecule has 0 bridgehead atoms. The fourth-order valence-electron chi connectivity index (χ4n) is 0.670. The minimum absolute atomic E-state index is 0.698. The number of ether oxygens (including phenoxy) is 1. The Balaban J connectivity index is 2.29. The fraction of sp³-hybridized carbons (Fsp3) is 1.00. The summed E-state index contributed by atoms with van der Waals surface area (Å²) < 4.78 is 4.62. The maximum absolute atomic E-state index is 10.7. The predicted molar refractivity (Wildman–Crippen MR) is 24.3 cm³/mol. The van der Waals surface area contributed by atoms with Gasteiger partial charge in [0.05, 0.1) is 0 Å². The molecule has 0 atom stereocenters. The Bertz CT molecular complexity index is 61.0. The molecule has 1 fully saturated rings. The Hall–Kier alpha value is -0.0800. The standard InChI is InChI=1S/C5H9O2/c1-7-5(6)3-2-4-5/h2-4H2,1H3. The molecule has 41 valence electrons. The Kier molecular flexibility index (Phi) is 1.05. The van der Waals surface area contributed by atoms with Crippen LogP contribution in [0.2, 0.25) is 0 Å². The van der Waals surface area contributed by atoms with Crippen LogP contribution in [-0.4, -0.2) is 12.9 Å². The molecule has 0 spiro atoms. The predicted octanol–water partition coefficient (Wildman–Crippen LogP) is 0.944. The highest BCUT2D eigenvalue weighted by Gasteiger charge is 2.36. The van der Waals surface area contributed by atoms with Crippen LogP contribution in [0, 0.1) is 0 Å². The molecule has 7 heavy (non-hydrogen) atoms. The van der Waals surface area contributed by atoms with Gasteiger partial charge in [-0.15, -0.1) is 0 Å². The summed E-state index contributed by atoms with van der Waals surface area (Å²) in [6, 6.07) is 0. The van der Waals surface area contributed by atoms with E-state index in [-0.39, 0.29) is 0 Å². The van der Waals surface area contributed by atoms with Crippen molar-refractivity contribution < 1.29 is 9.84 Å². The van der Waals surface area contributed by atoms with Crippen LogP contribution in [0.1, 0.15) is 19.3 Å². The molecule has 0 heterocycles. The summed E-state index contributed by atoms with van der Waals surface area (Å²) in [6.07, 6.45) is 2.43. The van der Waals surface area contributed by atoms with Crippen molar-refractivity contribution in [3.05, 3.63) is 0 Å². The molecule has 0 N–H and O–H groups in total. The average molecular weight is 101 g/mol. The maximum atomic E-state index is 10.7. The molecular formula is C5H9O2. The van der Waals surface area contributed by atoms with E-state index in [1.165, 1.54) is 7.11 Å². The van der Waals surface area contributed by atoms with Gasteiger partial charge in [0.1, 0.15) is 0 Å². The van der Waals surface area contributed by atoms with Gasteiger partial charge in [-0.25, -0.2) is 0 Å². The summed E-state index contributed by atoms with van der Waals surface area (Å²) in [4.78, 5) is 0. The van der Waals surface area contributed by atoms with Crippen LogP contribution in [0.5, 0.6) is 0 Å². The number of hydrogen-bond acceptors (Lipinski definition) is 1. The van der Waals surface area contributed by atoms with E-state index in [9.17, 15) is 5.11 Å². The second kappa shape index (κ2) is 1.46. The second-order valence-electron chi connectivity index (χ2n) is 1.97. The van der Waals surface area contributed by atoms with E-state index < -0.39 is 5.79 Å². The summed E-state index contributed by atoms with van der Waals surface area (Å²) >= 11 is 0. The largest absolute Gasteiger partial charge is 0.351 e. The van der Waals surface area contributed by atoms with Crippen LogP contribution in [0.25, 0.3) is 0 Å². The lowest BCUT2D eigenvalue weighted by Crippen LogP contribution is -2.36. The number of hydrogen-bond donors (Lipinski definition) is 0. The van der Waals surface area contributed by atoms with Crippen molar-refractivity contribution in [2.24, 2.45) is 0 Å². The SMILES string of the molecule is COC1([O])CCC1. The monoisotopic (exact) mass is 101 g/mol. The van der Waals surface area contributed by atoms with E-state index in [4.69, 9.17) is 0 Å². The summed E-state index contributed by atoms with van der Waals surface area (Å²) in [6.45, 7) is 0. The lowest BCUT2D eigenvalue weighted by molar-refractivity contribution is -0.267. The molecule has 0 aliphatic heterocycles. The third kappa shape index (κ3) is 0.763. The normalized spacial score (nSPS) is 26.6. The molecule has 0 aromatic heterocycles. The lowest BCUT2D eigenvalue weighted by Gasteiger charge is -2.31. The summed E-state index contributed by atoms with van der Waals surface area (Å²) in [5, 5.41) is 10.7. The first-order valence-electron chi connectivity index (χ1n) is 2.52. The van der Waals surface area contributed by atoms with Crippen LogP contribution in [-0.2, 0) is 9.84 Å². The zero-order valence-corrected chi connectivity index (χ0v) is 4.44. The molecule has 1 aliphatic rings. The highest BCUT2D eigenvalue weighted by Crippen LogP contribution is 2.32. The van der Waals surface area contributed by atoms with Gasteiger partial charge < -0.3 is 4.74 Å². The molecule has 0 aromatic rings. The molecule has 0 saturated heterocycles. The molecule has 1 radical (unpaired) electrons. The third-order valence-electron chi connectivity index (χ3n) is 1.49. The van der Waals surface area contributed by atoms with Crippen LogP contribution in [0.3, 0.4) is 0 Å². The summed E-state index contributed by atoms with van der Waals surface area (Å²) in [7, 11) is 1.48. The van der Waals surface area contributed by atoms with Crippen molar-refractivity contribution >= 4 is 0 Å². The van der Waals surface area contributed by atoms with Crippen molar-refractivity contribution in [1.82, 2.24) is 0 Å². The third-order valence-corrected chi connectivity index (χ3v) is 1.49. The number of rotatable bonds is 1. The summed E-state index contributed by atoms with van der Waals surface area (Å²) in [5.41, 5.74) is 0. The van der Waals surface area contributed by atoms with E-state index in [0.29, 0.717) is 12.8 Å². The van der Waals surface area contributed by atoms with E-state index in [1.807, 2.05) is 0 Å². The Labute approximate surface area is 43.1 Å². The van der Waals surface area contributed by atoms with Crippen molar-refractivity contribution in [3.63, 3.8) is 0 Å². The van der Waals surface area contributed by atoms with E-state index >= 15 is 0 Å². The minimum Gasteiger partial charge on any atom is -0.351 e. The minimum atomic E-state index is -0.986. The summed E-state index contributed by atoms with van der Waals surface area (Å²) in [5.74, 6) is -0.986. The highest BCUT2D eigenvalue weighted by atomic mass is 16.6. The highest BCUT2D eigenvalue weighted by molar-refractivity contribution is 4.76. The molecule has 2 heteroatoms. The first-order chi connectivity index (χ1) is 3.27. The second-order valence-corrected chi connectivity index (χ2v) is 1.97. The van der Waals surface area contributed by atoms with Gasteiger partial charge in [0.2, 0.25) is 5.79 Å². The Morgan fingerprint density at radius 3 is 2.14 bits per heavy atom. The van der Waals surface area contributed by atoms with Crippen LogP contribution in [0.15, 0.2) is 0 Å². The van der Waals surface area contributed by atoms with Gasteiger partial charge in [0.25, 0.3) is 0 Å². The van der Waals surface area contributed by atoms with Gasteiger partial charge in [-0.2, -0.15) is 5.11 Å². The van der Waals surface area contributed by atoms with Gasteiger partial charge in [0.15, 0.2) is 0 Å². The molecule has 0 unspecified atom stereocenters. The Morgan fingerprint density at radius 1 is 1.57 bits per heavy atom. The Morgan fingerprint density at radius 2 is 2.14 bits per heavy atom. The van der Waals surface area contributed by atoms with Crippen LogP contribution < -0.4 is 0 Å². The topological polar surface area (TPSA) is 29.1 Å². The fourth-order valence-corrected chi connectivity index (χ4v) is 0.670. The van der Waals surface area contributed by atoms with Crippen LogP contribution in [0.4, 0.5) is 0 Å². The molecule has 1 rings (SSSR count). The van der Waals surface area contributed by atoms with E-state index in [0.717, 1.165) is 6.42 Å². The quantitative estimate of drug-likeness (QED) is 0.452. The zero-order valence-electron chi connectivity index (χ0n) is 4.44. The van der Waals surface area contributed by atoms with Gasteiger partial charge in [-0.05, 0) is 6.42 Å². The van der Waals surface area contributed by atoms with Crippen molar-refractivity contribution in [1.29, 1.82) is 0 Å². The molecule has 1 aliphatic carbocycles. The van der Waals surface area contributed by atoms with Crippen molar-refractivity contribution in [2.75, 3.05) is 7.11 Å². The molecule has 1 saturated carbocycles. The van der Waals surface area contributed by atoms with E-state index in [2.05, 4.69) is 4.74 Å². The molecule has 0 aromatic carbocycles. The van der Waals surface area contributed by atoms with Crippen molar-refractivity contribution in [3.8, 4) is 0 Å².